The van der Waals surface area contributed by atoms with Crippen LogP contribution in [0.4, 0.5) is 14.6 Å². The normalized spacial score (nSPS) is 19.0. The molecule has 3 aromatic heterocycles. The number of anilines is 1. The van der Waals surface area contributed by atoms with E-state index < -0.39 is 12.1 Å². The van der Waals surface area contributed by atoms with Crippen molar-refractivity contribution in [3.05, 3.63) is 48.3 Å². The molecule has 126 valence electrons. The lowest BCUT2D eigenvalue weighted by atomic mass is 10.1. The van der Waals surface area contributed by atoms with Crippen LogP contribution in [0.5, 0.6) is 0 Å². The highest BCUT2D eigenvalue weighted by Gasteiger charge is 2.43. The molecule has 1 fully saturated rings. The van der Waals surface area contributed by atoms with Gasteiger partial charge in [0, 0.05) is 34.9 Å². The van der Waals surface area contributed by atoms with Crippen molar-refractivity contribution < 1.29 is 13.6 Å². The van der Waals surface area contributed by atoms with Crippen LogP contribution in [0.1, 0.15) is 12.0 Å². The van der Waals surface area contributed by atoms with Crippen molar-refractivity contribution in [2.24, 2.45) is 5.92 Å². The van der Waals surface area contributed by atoms with Crippen LogP contribution in [0, 0.1) is 18.7 Å². The van der Waals surface area contributed by atoms with Gasteiger partial charge in [-0.1, -0.05) is 0 Å². The summed E-state index contributed by atoms with van der Waals surface area (Å²) in [5.41, 5.74) is 1.68. The minimum Gasteiger partial charge on any atom is -0.310 e. The predicted octanol–water partition coefficient (Wildman–Crippen LogP) is 3.44. The van der Waals surface area contributed by atoms with Gasteiger partial charge in [-0.05, 0) is 31.0 Å². The maximum Gasteiger partial charge on any atom is 0.231 e. The number of rotatable bonds is 3. The predicted molar refractivity (Wildman–Crippen MR) is 89.1 cm³/mol. The van der Waals surface area contributed by atoms with Gasteiger partial charge in [0.1, 0.15) is 17.8 Å². The molecule has 5 nitrogen and oxygen atoms in total. The molecule has 1 amide bonds. The fourth-order valence-corrected chi connectivity index (χ4v) is 2.67. The molecule has 0 unspecified atom stereocenters. The summed E-state index contributed by atoms with van der Waals surface area (Å²) in [5.74, 6) is -0.955. The van der Waals surface area contributed by atoms with Crippen molar-refractivity contribution in [1.29, 1.82) is 0 Å². The van der Waals surface area contributed by atoms with E-state index >= 15 is 0 Å². The Bertz CT molecular complexity index is 992. The van der Waals surface area contributed by atoms with Gasteiger partial charge in [0.05, 0.1) is 17.8 Å². The van der Waals surface area contributed by atoms with Gasteiger partial charge in [-0.3, -0.25) is 14.8 Å². The Kier molecular flexibility index (Phi) is 3.63. The zero-order valence-corrected chi connectivity index (χ0v) is 13.3. The van der Waals surface area contributed by atoms with Gasteiger partial charge < -0.3 is 5.32 Å². The van der Waals surface area contributed by atoms with Crippen molar-refractivity contribution in [3.63, 3.8) is 0 Å². The number of halogens is 2. The molecule has 4 rings (SSSR count). The van der Waals surface area contributed by atoms with Crippen LogP contribution in [-0.2, 0) is 4.79 Å². The molecule has 3 aromatic rings. The Labute approximate surface area is 142 Å². The molecule has 0 saturated heterocycles. The molecule has 3 heterocycles. The first kappa shape index (κ1) is 15.6. The Morgan fingerprint density at radius 1 is 1.16 bits per heavy atom. The minimum atomic E-state index is -1.05. The van der Waals surface area contributed by atoms with Crippen LogP contribution in [-0.4, -0.2) is 27.0 Å². The summed E-state index contributed by atoms with van der Waals surface area (Å²) in [5, 5.41) is 4.17. The molecule has 2 atom stereocenters. The molecule has 0 bridgehead atoms. The van der Waals surface area contributed by atoms with E-state index in [-0.39, 0.29) is 18.1 Å². The number of amides is 1. The van der Waals surface area contributed by atoms with Gasteiger partial charge in [-0.15, -0.1) is 0 Å². The number of nitrogens with zero attached hydrogens (tertiary/aromatic N) is 3. The molecule has 1 saturated carbocycles. The average Bonchev–Trinajstić information content (AvgIpc) is 3.34. The summed E-state index contributed by atoms with van der Waals surface area (Å²) in [6, 6.07) is 3.46. The third-order valence-corrected chi connectivity index (χ3v) is 4.33. The maximum atomic E-state index is 13.7. The van der Waals surface area contributed by atoms with E-state index in [2.05, 4.69) is 20.3 Å². The van der Waals surface area contributed by atoms with Gasteiger partial charge in [0.2, 0.25) is 5.91 Å². The van der Waals surface area contributed by atoms with E-state index in [1.165, 1.54) is 0 Å². The highest BCUT2D eigenvalue weighted by Crippen LogP contribution is 2.34. The summed E-state index contributed by atoms with van der Waals surface area (Å²) < 4.78 is 26.6. The van der Waals surface area contributed by atoms with E-state index in [0.29, 0.717) is 22.6 Å². The lowest BCUT2D eigenvalue weighted by molar-refractivity contribution is -0.117. The second-order valence-corrected chi connectivity index (χ2v) is 6.13. The number of pyridine rings is 3. The Morgan fingerprint density at radius 3 is 2.64 bits per heavy atom. The smallest absolute Gasteiger partial charge is 0.231 e. The number of fused-ring (bicyclic) bond motifs is 1. The minimum absolute atomic E-state index is 0.269. The molecule has 25 heavy (non-hydrogen) atoms. The quantitative estimate of drug-likeness (QED) is 0.793. The third-order valence-electron chi connectivity index (χ3n) is 4.33. The van der Waals surface area contributed by atoms with Crippen molar-refractivity contribution in [3.8, 4) is 11.3 Å². The first-order chi connectivity index (χ1) is 12.0. The van der Waals surface area contributed by atoms with Crippen LogP contribution in [0.15, 0.2) is 36.9 Å². The molecule has 1 aliphatic rings. The molecule has 1 N–H and O–H groups in total. The van der Waals surface area contributed by atoms with Crippen LogP contribution in [0.3, 0.4) is 0 Å². The first-order valence-electron chi connectivity index (χ1n) is 7.84. The number of alkyl halides is 1. The van der Waals surface area contributed by atoms with Crippen molar-refractivity contribution >= 4 is 22.5 Å². The standard InChI is InChI=1S/C18H14F2N4O/c1-9-13(7-21-8-15(9)20)16-2-10-6-23-17(3-11(10)5-22-16)24-18(25)12-4-14(12)19/h2-3,5-8,12,14H,4H2,1H3,(H,23,24,25)/t12-,14+/m1/s1. The molecule has 1 aliphatic carbocycles. The monoisotopic (exact) mass is 340 g/mol. The van der Waals surface area contributed by atoms with Crippen LogP contribution >= 0.6 is 0 Å². The molecule has 7 heteroatoms. The summed E-state index contributed by atoms with van der Waals surface area (Å²) in [6.07, 6.45) is 5.17. The number of hydrogen-bond acceptors (Lipinski definition) is 4. The fraction of sp³-hybridized carbons (Fsp3) is 0.222. The Hall–Kier alpha value is -2.96. The summed E-state index contributed by atoms with van der Waals surface area (Å²) >= 11 is 0. The SMILES string of the molecule is Cc1c(F)cncc1-c1cc2cnc(NC(=O)[C@@H]3C[C@@H]3F)cc2cn1. The van der Waals surface area contributed by atoms with Crippen molar-refractivity contribution in [1.82, 2.24) is 15.0 Å². The lowest BCUT2D eigenvalue weighted by Gasteiger charge is -2.08. The zero-order chi connectivity index (χ0) is 17.6. The van der Waals surface area contributed by atoms with Crippen molar-refractivity contribution in [2.45, 2.75) is 19.5 Å². The van der Waals surface area contributed by atoms with E-state index in [0.717, 1.165) is 17.0 Å². The summed E-state index contributed by atoms with van der Waals surface area (Å²) in [4.78, 5) is 24.2. The maximum absolute atomic E-state index is 13.7. The first-order valence-corrected chi connectivity index (χ1v) is 7.84. The van der Waals surface area contributed by atoms with Crippen molar-refractivity contribution in [2.75, 3.05) is 5.32 Å². The summed E-state index contributed by atoms with van der Waals surface area (Å²) in [7, 11) is 0. The van der Waals surface area contributed by atoms with Gasteiger partial charge in [-0.25, -0.2) is 13.8 Å². The molecule has 0 spiro atoms. The van der Waals surface area contributed by atoms with Crippen LogP contribution < -0.4 is 5.32 Å². The van der Waals surface area contributed by atoms with E-state index in [1.807, 2.05) is 0 Å². The van der Waals surface area contributed by atoms with Crippen LogP contribution in [0.25, 0.3) is 22.0 Å². The van der Waals surface area contributed by atoms with Gasteiger partial charge in [0.15, 0.2) is 0 Å². The third kappa shape index (κ3) is 2.93. The number of aromatic nitrogens is 3. The van der Waals surface area contributed by atoms with E-state index in [4.69, 9.17) is 0 Å². The molecular formula is C18H14F2N4O. The number of hydrogen-bond donors (Lipinski definition) is 1. The molecular weight excluding hydrogens is 326 g/mol. The lowest BCUT2D eigenvalue weighted by Crippen LogP contribution is -2.15. The Morgan fingerprint density at radius 2 is 1.88 bits per heavy atom. The van der Waals surface area contributed by atoms with Crippen LogP contribution in [0.2, 0.25) is 0 Å². The Balaban J connectivity index is 1.65. The topological polar surface area (TPSA) is 67.8 Å². The molecule has 0 aliphatic heterocycles. The molecule has 0 radical (unpaired) electrons. The highest BCUT2D eigenvalue weighted by molar-refractivity contribution is 5.96. The summed E-state index contributed by atoms with van der Waals surface area (Å²) in [6.45, 7) is 1.67. The van der Waals surface area contributed by atoms with Gasteiger partial charge in [-0.2, -0.15) is 0 Å². The average molecular weight is 340 g/mol. The highest BCUT2D eigenvalue weighted by atomic mass is 19.1. The largest absolute Gasteiger partial charge is 0.310 e. The van der Waals surface area contributed by atoms with E-state index in [9.17, 15) is 13.6 Å². The number of carbonyl (C=O) groups excluding carboxylic acids is 1. The number of carbonyl (C=O) groups is 1. The second-order valence-electron chi connectivity index (χ2n) is 6.13. The number of nitrogens with one attached hydrogen (secondary N) is 1. The molecule has 0 aromatic carbocycles. The zero-order valence-electron chi connectivity index (χ0n) is 13.3. The fourth-order valence-electron chi connectivity index (χ4n) is 2.67. The van der Waals surface area contributed by atoms with Gasteiger partial charge in [0.25, 0.3) is 0 Å². The second kappa shape index (κ2) is 5.84. The van der Waals surface area contributed by atoms with Gasteiger partial charge >= 0.3 is 0 Å². The van der Waals surface area contributed by atoms with E-state index in [1.54, 1.807) is 37.6 Å².